The SMILES string of the molecule is CO[C@@H](C)C(=NO)c1ccc(F)c(F)c1. The van der Waals surface area contributed by atoms with Crippen LogP contribution in [0.4, 0.5) is 8.78 Å². The number of methoxy groups -OCH3 is 1. The zero-order chi connectivity index (χ0) is 11.4. The van der Waals surface area contributed by atoms with Crippen LogP contribution < -0.4 is 0 Å². The Balaban J connectivity index is 3.09. The van der Waals surface area contributed by atoms with Crippen molar-refractivity contribution in [2.24, 2.45) is 5.16 Å². The Kier molecular flexibility index (Phi) is 3.74. The lowest BCUT2D eigenvalue weighted by molar-refractivity contribution is 0.166. The number of hydrogen-bond donors (Lipinski definition) is 1. The van der Waals surface area contributed by atoms with E-state index in [2.05, 4.69) is 5.16 Å². The lowest BCUT2D eigenvalue weighted by Crippen LogP contribution is -2.20. The molecule has 0 aliphatic heterocycles. The molecule has 0 heterocycles. The highest BCUT2D eigenvalue weighted by molar-refractivity contribution is 6.03. The fourth-order valence-electron chi connectivity index (χ4n) is 1.14. The van der Waals surface area contributed by atoms with E-state index in [4.69, 9.17) is 9.94 Å². The standard InChI is InChI=1S/C10H11F2NO2/c1-6(15-2)10(13-14)7-3-4-8(11)9(12)5-7/h3-6,14H,1-2H3/t6-/m0/s1. The Morgan fingerprint density at radius 1 is 1.40 bits per heavy atom. The minimum atomic E-state index is -0.989. The van der Waals surface area contributed by atoms with Crippen LogP contribution in [0, 0.1) is 11.6 Å². The van der Waals surface area contributed by atoms with Crippen LogP contribution in [0.1, 0.15) is 12.5 Å². The monoisotopic (exact) mass is 215 g/mol. The van der Waals surface area contributed by atoms with E-state index in [0.29, 0.717) is 0 Å². The van der Waals surface area contributed by atoms with E-state index >= 15 is 0 Å². The van der Waals surface area contributed by atoms with Crippen LogP contribution in [0.3, 0.4) is 0 Å². The number of ether oxygens (including phenoxy) is 1. The van der Waals surface area contributed by atoms with E-state index < -0.39 is 17.7 Å². The van der Waals surface area contributed by atoms with Crippen molar-refractivity contribution in [3.8, 4) is 0 Å². The molecular weight excluding hydrogens is 204 g/mol. The first-order valence-electron chi connectivity index (χ1n) is 4.30. The third-order valence-electron chi connectivity index (χ3n) is 2.06. The summed E-state index contributed by atoms with van der Waals surface area (Å²) in [6.07, 6.45) is -0.500. The molecule has 0 saturated carbocycles. The summed E-state index contributed by atoms with van der Waals surface area (Å²) >= 11 is 0. The molecule has 5 heteroatoms. The van der Waals surface area contributed by atoms with Crippen molar-refractivity contribution in [3.05, 3.63) is 35.4 Å². The number of rotatable bonds is 3. The van der Waals surface area contributed by atoms with Gasteiger partial charge in [-0.15, -0.1) is 0 Å². The molecular formula is C10H11F2NO2. The van der Waals surface area contributed by atoms with E-state index in [9.17, 15) is 8.78 Å². The summed E-state index contributed by atoms with van der Waals surface area (Å²) in [6.45, 7) is 1.64. The van der Waals surface area contributed by atoms with Gasteiger partial charge in [-0.3, -0.25) is 0 Å². The zero-order valence-electron chi connectivity index (χ0n) is 8.37. The highest BCUT2D eigenvalue weighted by Crippen LogP contribution is 2.12. The molecule has 0 fully saturated rings. The molecule has 0 spiro atoms. The molecule has 15 heavy (non-hydrogen) atoms. The van der Waals surface area contributed by atoms with Gasteiger partial charge in [0.05, 0.1) is 0 Å². The molecule has 0 saturated heterocycles. The van der Waals surface area contributed by atoms with Crippen LogP contribution in [0.15, 0.2) is 23.4 Å². The van der Waals surface area contributed by atoms with Gasteiger partial charge in [-0.1, -0.05) is 5.16 Å². The Morgan fingerprint density at radius 2 is 2.07 bits per heavy atom. The molecule has 1 rings (SSSR count). The average molecular weight is 215 g/mol. The van der Waals surface area contributed by atoms with Gasteiger partial charge in [0.25, 0.3) is 0 Å². The number of nitrogens with zero attached hydrogens (tertiary/aromatic N) is 1. The second-order valence-corrected chi connectivity index (χ2v) is 2.99. The molecule has 0 amide bonds. The zero-order valence-corrected chi connectivity index (χ0v) is 8.37. The third-order valence-corrected chi connectivity index (χ3v) is 2.06. The van der Waals surface area contributed by atoms with Gasteiger partial charge in [0, 0.05) is 12.7 Å². The van der Waals surface area contributed by atoms with Gasteiger partial charge in [-0.2, -0.15) is 0 Å². The predicted molar refractivity (Wildman–Crippen MR) is 51.2 cm³/mol. The van der Waals surface area contributed by atoms with Crippen molar-refractivity contribution in [1.29, 1.82) is 0 Å². The predicted octanol–water partition coefficient (Wildman–Crippen LogP) is 2.18. The van der Waals surface area contributed by atoms with E-state index in [-0.39, 0.29) is 11.3 Å². The topological polar surface area (TPSA) is 41.8 Å². The summed E-state index contributed by atoms with van der Waals surface area (Å²) in [5.41, 5.74) is 0.433. The first-order valence-corrected chi connectivity index (χ1v) is 4.30. The summed E-state index contributed by atoms with van der Waals surface area (Å²) < 4.78 is 30.5. The Bertz CT molecular complexity index is 380. The van der Waals surface area contributed by atoms with Crippen molar-refractivity contribution >= 4 is 5.71 Å². The maximum Gasteiger partial charge on any atom is 0.159 e. The van der Waals surface area contributed by atoms with Crippen LogP contribution in [0.25, 0.3) is 0 Å². The van der Waals surface area contributed by atoms with Crippen molar-refractivity contribution < 1.29 is 18.7 Å². The number of halogens is 2. The van der Waals surface area contributed by atoms with Gasteiger partial charge >= 0.3 is 0 Å². The van der Waals surface area contributed by atoms with E-state index in [1.54, 1.807) is 6.92 Å². The first-order chi connectivity index (χ1) is 7.10. The number of benzene rings is 1. The Hall–Kier alpha value is -1.49. The van der Waals surface area contributed by atoms with Gasteiger partial charge in [0.2, 0.25) is 0 Å². The molecule has 0 aliphatic carbocycles. The summed E-state index contributed by atoms with van der Waals surface area (Å²) in [5.74, 6) is -1.93. The molecule has 3 nitrogen and oxygen atoms in total. The fraction of sp³-hybridized carbons (Fsp3) is 0.300. The van der Waals surface area contributed by atoms with Crippen molar-refractivity contribution in [2.45, 2.75) is 13.0 Å². The highest BCUT2D eigenvalue weighted by Gasteiger charge is 2.14. The molecule has 0 radical (unpaired) electrons. The van der Waals surface area contributed by atoms with Gasteiger partial charge in [0.15, 0.2) is 11.6 Å². The van der Waals surface area contributed by atoms with Crippen molar-refractivity contribution in [1.82, 2.24) is 0 Å². The molecule has 0 bridgehead atoms. The minimum absolute atomic E-state index is 0.149. The minimum Gasteiger partial charge on any atom is -0.411 e. The van der Waals surface area contributed by atoms with E-state index in [0.717, 1.165) is 12.1 Å². The number of oxime groups is 1. The second kappa shape index (κ2) is 4.84. The summed E-state index contributed by atoms with van der Waals surface area (Å²) in [4.78, 5) is 0. The highest BCUT2D eigenvalue weighted by atomic mass is 19.2. The van der Waals surface area contributed by atoms with Gasteiger partial charge in [0.1, 0.15) is 11.8 Å². The quantitative estimate of drug-likeness (QED) is 0.477. The first kappa shape index (κ1) is 11.6. The van der Waals surface area contributed by atoms with Crippen LogP contribution in [0.5, 0.6) is 0 Å². The lowest BCUT2D eigenvalue weighted by atomic mass is 10.1. The van der Waals surface area contributed by atoms with Gasteiger partial charge < -0.3 is 9.94 Å². The van der Waals surface area contributed by atoms with E-state index in [1.165, 1.54) is 13.2 Å². The van der Waals surface area contributed by atoms with Gasteiger partial charge in [-0.05, 0) is 25.1 Å². The molecule has 1 aromatic rings. The van der Waals surface area contributed by atoms with Crippen molar-refractivity contribution in [3.63, 3.8) is 0 Å². The van der Waals surface area contributed by atoms with Crippen LogP contribution >= 0.6 is 0 Å². The largest absolute Gasteiger partial charge is 0.411 e. The fourth-order valence-corrected chi connectivity index (χ4v) is 1.14. The van der Waals surface area contributed by atoms with Crippen LogP contribution in [0.2, 0.25) is 0 Å². The van der Waals surface area contributed by atoms with Gasteiger partial charge in [-0.25, -0.2) is 8.78 Å². The maximum atomic E-state index is 12.9. The Morgan fingerprint density at radius 3 is 2.53 bits per heavy atom. The lowest BCUT2D eigenvalue weighted by Gasteiger charge is -2.11. The second-order valence-electron chi connectivity index (χ2n) is 2.99. The normalized spacial score (nSPS) is 14.0. The smallest absolute Gasteiger partial charge is 0.159 e. The Labute approximate surface area is 86.0 Å². The molecule has 1 atom stereocenters. The maximum absolute atomic E-state index is 12.9. The molecule has 82 valence electrons. The molecule has 1 N–H and O–H groups in total. The molecule has 0 unspecified atom stereocenters. The van der Waals surface area contributed by atoms with Crippen molar-refractivity contribution in [2.75, 3.05) is 7.11 Å². The number of hydrogen-bond acceptors (Lipinski definition) is 3. The summed E-state index contributed by atoms with van der Waals surface area (Å²) in [6, 6.07) is 3.25. The molecule has 1 aromatic carbocycles. The average Bonchev–Trinajstić information content (AvgIpc) is 2.24. The molecule has 0 aromatic heterocycles. The summed E-state index contributed by atoms with van der Waals surface area (Å²) in [7, 11) is 1.43. The van der Waals surface area contributed by atoms with Crippen LogP contribution in [-0.2, 0) is 4.74 Å². The third kappa shape index (κ3) is 2.50. The van der Waals surface area contributed by atoms with E-state index in [1.807, 2.05) is 0 Å². The van der Waals surface area contributed by atoms with Crippen LogP contribution in [-0.4, -0.2) is 24.1 Å². The molecule has 0 aliphatic rings. The summed E-state index contributed by atoms with van der Waals surface area (Å²) in [5, 5.41) is 11.7.